The molecule has 3 nitrogen and oxygen atoms in total. The van der Waals surface area contributed by atoms with Gasteiger partial charge in [0.05, 0.1) is 11.6 Å². The van der Waals surface area contributed by atoms with E-state index in [2.05, 4.69) is 67.0 Å². The molecule has 27 heavy (non-hydrogen) atoms. The van der Waals surface area contributed by atoms with Gasteiger partial charge in [0, 0.05) is 13.1 Å². The topological polar surface area (TPSA) is 44.1 Å². The highest BCUT2D eigenvalue weighted by Crippen LogP contribution is 2.41. The van der Waals surface area contributed by atoms with Gasteiger partial charge in [-0.15, -0.1) is 0 Å². The Bertz CT molecular complexity index is 912. The zero-order valence-electron chi connectivity index (χ0n) is 16.0. The molecule has 2 aromatic carbocycles. The average Bonchev–Trinajstić information content (AvgIpc) is 3.53. The Hall–Kier alpha value is -2.88. The Balaban J connectivity index is 0.00000102. The molecule has 3 heteroatoms. The van der Waals surface area contributed by atoms with Gasteiger partial charge < -0.3 is 4.79 Å². The highest BCUT2D eigenvalue weighted by molar-refractivity contribution is 5.58. The molecule has 0 aromatic heterocycles. The fourth-order valence-electron chi connectivity index (χ4n) is 4.03. The molecule has 2 aliphatic rings. The molecule has 0 amide bonds. The van der Waals surface area contributed by atoms with Crippen LogP contribution in [0.2, 0.25) is 0 Å². The molecule has 1 saturated heterocycles. The van der Waals surface area contributed by atoms with E-state index in [1.165, 1.54) is 22.3 Å². The molecule has 136 valence electrons. The van der Waals surface area contributed by atoms with Crippen LogP contribution < -0.4 is 0 Å². The van der Waals surface area contributed by atoms with Gasteiger partial charge in [0.15, 0.2) is 5.54 Å². The van der Waals surface area contributed by atoms with Gasteiger partial charge in [-0.1, -0.05) is 47.7 Å². The van der Waals surface area contributed by atoms with Crippen molar-refractivity contribution in [1.82, 2.24) is 4.90 Å². The van der Waals surface area contributed by atoms with E-state index in [4.69, 9.17) is 10.1 Å². The van der Waals surface area contributed by atoms with Crippen molar-refractivity contribution in [2.45, 2.75) is 38.1 Å². The van der Waals surface area contributed by atoms with E-state index < -0.39 is 0 Å². The highest BCUT2D eigenvalue weighted by atomic mass is 16.1. The summed E-state index contributed by atoms with van der Waals surface area (Å²) in [5, 5.41) is 8.95. The molecule has 0 saturated carbocycles. The number of nitrogens with zero attached hydrogens (tertiary/aromatic N) is 2. The van der Waals surface area contributed by atoms with Crippen LogP contribution in [-0.2, 0) is 10.3 Å². The molecule has 1 aliphatic heterocycles. The van der Waals surface area contributed by atoms with Crippen molar-refractivity contribution < 1.29 is 4.79 Å². The highest BCUT2D eigenvalue weighted by Gasteiger charge is 2.45. The largest absolute Gasteiger partial charge is 0.307 e. The maximum atomic E-state index is 8.95. The van der Waals surface area contributed by atoms with Gasteiger partial charge in [0.2, 0.25) is 0 Å². The van der Waals surface area contributed by atoms with E-state index in [1.807, 2.05) is 18.9 Å². The van der Waals surface area contributed by atoms with Crippen LogP contribution >= 0.6 is 0 Å². The molecule has 1 aliphatic carbocycles. The van der Waals surface area contributed by atoms with E-state index in [1.54, 1.807) is 0 Å². The summed E-state index contributed by atoms with van der Waals surface area (Å²) in [5.41, 5.74) is 5.85. The zero-order valence-corrected chi connectivity index (χ0v) is 16.0. The minimum Gasteiger partial charge on any atom is -0.307 e. The average molecular weight is 356 g/mol. The van der Waals surface area contributed by atoms with Crippen molar-refractivity contribution >= 4 is 6.79 Å². The SMILES string of the molecule is C=O.Cc1ccc(C)c(C2(N3CCC(c4ccc(C#N)cc4)CC3)C#C2)c1. The Kier molecular flexibility index (Phi) is 5.45. The maximum absolute atomic E-state index is 8.95. The summed E-state index contributed by atoms with van der Waals surface area (Å²) in [6, 6.07) is 17.0. The molecular formula is C24H24N2O. The van der Waals surface area contributed by atoms with Crippen molar-refractivity contribution in [1.29, 1.82) is 5.26 Å². The quantitative estimate of drug-likeness (QED) is 0.778. The predicted octanol–water partition coefficient (Wildman–Crippen LogP) is 4.08. The molecule has 0 radical (unpaired) electrons. The number of hydrogen-bond acceptors (Lipinski definition) is 3. The predicted molar refractivity (Wildman–Crippen MR) is 107 cm³/mol. The third-order valence-corrected chi connectivity index (χ3v) is 5.63. The molecule has 0 N–H and O–H groups in total. The van der Waals surface area contributed by atoms with Gasteiger partial charge in [0.1, 0.15) is 6.79 Å². The van der Waals surface area contributed by atoms with Crippen LogP contribution in [0.5, 0.6) is 0 Å². The minimum atomic E-state index is -0.189. The second-order valence-corrected chi connectivity index (χ2v) is 7.27. The van der Waals surface area contributed by atoms with Crippen molar-refractivity contribution in [3.05, 3.63) is 70.3 Å². The van der Waals surface area contributed by atoms with Crippen molar-refractivity contribution in [2.24, 2.45) is 0 Å². The number of aryl methyl sites for hydroxylation is 2. The monoisotopic (exact) mass is 356 g/mol. The number of likely N-dealkylation sites (tertiary alicyclic amines) is 1. The van der Waals surface area contributed by atoms with Crippen LogP contribution in [0.1, 0.15) is 46.6 Å². The number of benzene rings is 2. The number of hydrogen-bond donors (Lipinski definition) is 0. The van der Waals surface area contributed by atoms with E-state index in [9.17, 15) is 0 Å². The van der Waals surface area contributed by atoms with Crippen LogP contribution in [0, 0.1) is 37.0 Å². The number of piperidine rings is 1. The van der Waals surface area contributed by atoms with Crippen molar-refractivity contribution in [3.63, 3.8) is 0 Å². The van der Waals surface area contributed by atoms with Crippen LogP contribution in [0.4, 0.5) is 0 Å². The third-order valence-electron chi connectivity index (χ3n) is 5.63. The number of rotatable bonds is 3. The normalized spacial score (nSPS) is 17.7. The summed E-state index contributed by atoms with van der Waals surface area (Å²) < 4.78 is 0. The van der Waals surface area contributed by atoms with E-state index in [0.717, 1.165) is 31.5 Å². The molecule has 0 unspecified atom stereocenters. The molecule has 2 aromatic rings. The number of carbonyl (C=O) groups excluding carboxylic acids is 1. The lowest BCUT2D eigenvalue weighted by Crippen LogP contribution is -2.43. The Morgan fingerprint density at radius 2 is 1.70 bits per heavy atom. The summed E-state index contributed by atoms with van der Waals surface area (Å²) >= 11 is 0. The Morgan fingerprint density at radius 1 is 1.07 bits per heavy atom. The van der Waals surface area contributed by atoms with Gasteiger partial charge in [-0.05, 0) is 61.4 Å². The second kappa shape index (κ2) is 7.78. The first kappa shape index (κ1) is 18.9. The molecule has 0 spiro atoms. The summed E-state index contributed by atoms with van der Waals surface area (Å²) in [5.74, 6) is 7.40. The number of nitriles is 1. The first-order valence-electron chi connectivity index (χ1n) is 9.28. The van der Waals surface area contributed by atoms with Crippen molar-refractivity contribution in [2.75, 3.05) is 13.1 Å². The summed E-state index contributed by atoms with van der Waals surface area (Å²) in [4.78, 5) is 10.5. The Morgan fingerprint density at radius 3 is 2.26 bits per heavy atom. The molecule has 1 fully saturated rings. The second-order valence-electron chi connectivity index (χ2n) is 7.27. The molecule has 1 heterocycles. The first-order valence-corrected chi connectivity index (χ1v) is 9.28. The van der Waals surface area contributed by atoms with Crippen LogP contribution in [0.25, 0.3) is 0 Å². The summed E-state index contributed by atoms with van der Waals surface area (Å²) in [7, 11) is 0. The smallest absolute Gasteiger partial charge is 0.170 e. The van der Waals surface area contributed by atoms with E-state index in [0.29, 0.717) is 5.92 Å². The van der Waals surface area contributed by atoms with Gasteiger partial charge in [0.25, 0.3) is 0 Å². The molecule has 0 bridgehead atoms. The fourth-order valence-corrected chi connectivity index (χ4v) is 4.03. The lowest BCUT2D eigenvalue weighted by atomic mass is 9.86. The molecule has 0 atom stereocenters. The van der Waals surface area contributed by atoms with Crippen molar-refractivity contribution in [3.8, 4) is 17.9 Å². The van der Waals surface area contributed by atoms with E-state index in [-0.39, 0.29) is 5.54 Å². The minimum absolute atomic E-state index is 0.189. The summed E-state index contributed by atoms with van der Waals surface area (Å²) in [6.45, 7) is 8.44. The standard InChI is InChI=1S/C23H22N2.CH2O/c1-17-3-4-18(2)22(15-17)23(11-12-23)25-13-9-21(10-14-25)20-7-5-19(16-24)6-8-20;1-2/h3-8,15,21H,9-10,13-14H2,1-2H3;1H2. The fraction of sp³-hybridized carbons (Fsp3) is 0.333. The number of carbonyl (C=O) groups is 1. The lowest BCUT2D eigenvalue weighted by Gasteiger charge is -2.38. The molecule has 4 rings (SSSR count). The maximum Gasteiger partial charge on any atom is 0.170 e. The first-order chi connectivity index (χ1) is 13.1. The van der Waals surface area contributed by atoms with Crippen LogP contribution in [0.15, 0.2) is 42.5 Å². The summed E-state index contributed by atoms with van der Waals surface area (Å²) in [6.07, 6.45) is 2.28. The van der Waals surface area contributed by atoms with Gasteiger partial charge in [-0.2, -0.15) is 5.26 Å². The Labute approximate surface area is 161 Å². The zero-order chi connectivity index (χ0) is 19.4. The van der Waals surface area contributed by atoms with Gasteiger partial charge in [-0.25, -0.2) is 0 Å². The van der Waals surface area contributed by atoms with Crippen LogP contribution in [-0.4, -0.2) is 24.8 Å². The molecular weight excluding hydrogens is 332 g/mol. The lowest BCUT2D eigenvalue weighted by molar-refractivity contribution is -0.0979. The van der Waals surface area contributed by atoms with Gasteiger partial charge in [-0.3, -0.25) is 4.90 Å². The van der Waals surface area contributed by atoms with Crippen LogP contribution in [0.3, 0.4) is 0 Å². The van der Waals surface area contributed by atoms with E-state index >= 15 is 0 Å². The third kappa shape index (κ3) is 3.65. The van der Waals surface area contributed by atoms with Gasteiger partial charge >= 0.3 is 0 Å².